The van der Waals surface area contributed by atoms with Crippen molar-refractivity contribution in [2.24, 2.45) is 0 Å². The average Bonchev–Trinajstić information content (AvgIpc) is 3.40. The fraction of sp³-hybridized carbons (Fsp3) is 0.211. The second-order valence-electron chi connectivity index (χ2n) is 6.25. The van der Waals surface area contributed by atoms with Crippen LogP contribution in [0.15, 0.2) is 57.9 Å². The Labute approximate surface area is 161 Å². The highest BCUT2D eigenvalue weighted by atomic mass is 79.9. The van der Waals surface area contributed by atoms with Gasteiger partial charge >= 0.3 is 0 Å². The van der Waals surface area contributed by atoms with E-state index in [1.165, 1.54) is 6.08 Å². The fourth-order valence-electron chi connectivity index (χ4n) is 2.33. The molecule has 136 valence electrons. The van der Waals surface area contributed by atoms with Crippen molar-refractivity contribution in [1.82, 2.24) is 4.72 Å². The molecule has 0 aromatic heterocycles. The summed E-state index contributed by atoms with van der Waals surface area (Å²) in [6.07, 6.45) is 4.86. The summed E-state index contributed by atoms with van der Waals surface area (Å²) in [5, 5.41) is 2.79. The van der Waals surface area contributed by atoms with Crippen molar-refractivity contribution in [3.8, 4) is 0 Å². The van der Waals surface area contributed by atoms with Crippen molar-refractivity contribution in [1.29, 1.82) is 0 Å². The fourth-order valence-corrected chi connectivity index (χ4v) is 3.88. The summed E-state index contributed by atoms with van der Waals surface area (Å²) in [5.74, 6) is -0.251. The standard InChI is InChI=1S/C19H19BrN2O3S/c1-13-12-16(7-10-18(13)20)21-19(23)11-4-14-2-8-17(9-3-14)26(24,25)22-15-5-6-15/h2-4,7-12,15,22H,5-6H2,1H3,(H,21,23)/b11-4+. The van der Waals surface area contributed by atoms with Crippen LogP contribution in [0.2, 0.25) is 0 Å². The minimum absolute atomic E-state index is 0.0746. The Balaban J connectivity index is 1.62. The highest BCUT2D eigenvalue weighted by Crippen LogP contribution is 2.22. The zero-order chi connectivity index (χ0) is 18.7. The third-order valence-corrected chi connectivity index (χ3v) is 6.37. The Hall–Kier alpha value is -1.96. The lowest BCUT2D eigenvalue weighted by Crippen LogP contribution is -2.25. The zero-order valence-electron chi connectivity index (χ0n) is 14.2. The minimum atomic E-state index is -3.45. The normalized spacial score (nSPS) is 14.5. The number of amides is 1. The number of halogens is 1. The van der Waals surface area contributed by atoms with Crippen LogP contribution in [0.3, 0.4) is 0 Å². The van der Waals surface area contributed by atoms with Gasteiger partial charge in [0.15, 0.2) is 0 Å². The van der Waals surface area contributed by atoms with Gasteiger partial charge in [-0.1, -0.05) is 28.1 Å². The second-order valence-corrected chi connectivity index (χ2v) is 8.82. The van der Waals surface area contributed by atoms with Crippen LogP contribution in [-0.4, -0.2) is 20.4 Å². The summed E-state index contributed by atoms with van der Waals surface area (Å²) >= 11 is 3.42. The second kappa shape index (κ2) is 7.73. The van der Waals surface area contributed by atoms with Crippen molar-refractivity contribution in [3.05, 3.63) is 64.1 Å². The number of carbonyl (C=O) groups excluding carboxylic acids is 1. The van der Waals surface area contributed by atoms with Crippen LogP contribution < -0.4 is 10.0 Å². The van der Waals surface area contributed by atoms with Crippen LogP contribution in [-0.2, 0) is 14.8 Å². The molecular weight excluding hydrogens is 416 g/mol. The van der Waals surface area contributed by atoms with Gasteiger partial charge in [0.2, 0.25) is 15.9 Å². The number of aryl methyl sites for hydroxylation is 1. The summed E-state index contributed by atoms with van der Waals surface area (Å²) in [6, 6.07) is 12.1. The Morgan fingerprint density at radius 1 is 1.15 bits per heavy atom. The van der Waals surface area contributed by atoms with Crippen LogP contribution >= 0.6 is 15.9 Å². The van der Waals surface area contributed by atoms with E-state index in [1.807, 2.05) is 25.1 Å². The third-order valence-electron chi connectivity index (χ3n) is 3.94. The first-order valence-corrected chi connectivity index (χ1v) is 10.5. The van der Waals surface area contributed by atoms with E-state index in [4.69, 9.17) is 0 Å². The van der Waals surface area contributed by atoms with Crippen LogP contribution in [0.1, 0.15) is 24.0 Å². The molecule has 1 saturated carbocycles. The molecule has 2 aromatic carbocycles. The predicted octanol–water partition coefficient (Wildman–Crippen LogP) is 3.85. The van der Waals surface area contributed by atoms with Gasteiger partial charge in [0.05, 0.1) is 4.90 Å². The topological polar surface area (TPSA) is 75.3 Å². The molecule has 26 heavy (non-hydrogen) atoms. The summed E-state index contributed by atoms with van der Waals surface area (Å²) in [4.78, 5) is 12.3. The molecule has 1 aliphatic carbocycles. The molecule has 0 bridgehead atoms. The maximum atomic E-state index is 12.1. The molecule has 1 fully saturated rings. The predicted molar refractivity (Wildman–Crippen MR) is 106 cm³/mol. The number of rotatable bonds is 6. The molecule has 2 aromatic rings. The first-order valence-electron chi connectivity index (χ1n) is 8.21. The summed E-state index contributed by atoms with van der Waals surface area (Å²) in [7, 11) is -3.45. The number of hydrogen-bond acceptors (Lipinski definition) is 3. The number of benzene rings is 2. The number of hydrogen-bond donors (Lipinski definition) is 2. The van der Waals surface area contributed by atoms with E-state index in [0.29, 0.717) is 5.69 Å². The number of anilines is 1. The third kappa shape index (κ3) is 5.03. The van der Waals surface area contributed by atoms with E-state index >= 15 is 0 Å². The maximum absolute atomic E-state index is 12.1. The Morgan fingerprint density at radius 2 is 1.85 bits per heavy atom. The SMILES string of the molecule is Cc1cc(NC(=O)/C=C/c2ccc(S(=O)(=O)NC3CC3)cc2)ccc1Br. The molecule has 0 radical (unpaired) electrons. The van der Waals surface area contributed by atoms with E-state index in [1.54, 1.807) is 30.3 Å². The molecule has 0 spiro atoms. The minimum Gasteiger partial charge on any atom is -0.323 e. The van der Waals surface area contributed by atoms with Gasteiger partial charge in [-0.3, -0.25) is 4.79 Å². The maximum Gasteiger partial charge on any atom is 0.248 e. The Bertz CT molecular complexity index is 949. The van der Waals surface area contributed by atoms with E-state index < -0.39 is 10.0 Å². The first kappa shape index (κ1) is 18.8. The number of nitrogens with one attached hydrogen (secondary N) is 2. The van der Waals surface area contributed by atoms with Crippen LogP contribution in [0.5, 0.6) is 0 Å². The summed E-state index contributed by atoms with van der Waals surface area (Å²) in [5.41, 5.74) is 2.49. The smallest absolute Gasteiger partial charge is 0.248 e. The van der Waals surface area contributed by atoms with Gasteiger partial charge < -0.3 is 5.32 Å². The lowest BCUT2D eigenvalue weighted by molar-refractivity contribution is -0.111. The number of sulfonamides is 1. The van der Waals surface area contributed by atoms with Crippen LogP contribution in [0.25, 0.3) is 6.08 Å². The van der Waals surface area contributed by atoms with Gasteiger partial charge in [0.25, 0.3) is 0 Å². The molecule has 1 amide bonds. The Kier molecular flexibility index (Phi) is 5.60. The molecule has 7 heteroatoms. The van der Waals surface area contributed by atoms with Gasteiger partial charge in [-0.05, 0) is 67.3 Å². The van der Waals surface area contributed by atoms with Crippen molar-refractivity contribution >= 4 is 43.6 Å². The highest BCUT2D eigenvalue weighted by Gasteiger charge is 2.27. The molecule has 0 saturated heterocycles. The molecule has 0 unspecified atom stereocenters. The van der Waals surface area contributed by atoms with Gasteiger partial charge in [-0.25, -0.2) is 13.1 Å². The molecule has 0 heterocycles. The lowest BCUT2D eigenvalue weighted by Gasteiger charge is -2.06. The van der Waals surface area contributed by atoms with Crippen molar-refractivity contribution in [2.45, 2.75) is 30.7 Å². The molecule has 3 rings (SSSR count). The quantitative estimate of drug-likeness (QED) is 0.677. The van der Waals surface area contributed by atoms with E-state index in [2.05, 4.69) is 26.0 Å². The van der Waals surface area contributed by atoms with Gasteiger partial charge in [0.1, 0.15) is 0 Å². The Morgan fingerprint density at radius 3 is 2.46 bits per heavy atom. The zero-order valence-corrected chi connectivity index (χ0v) is 16.6. The molecule has 2 N–H and O–H groups in total. The van der Waals surface area contributed by atoms with Gasteiger partial charge in [-0.2, -0.15) is 0 Å². The van der Waals surface area contributed by atoms with E-state index in [0.717, 1.165) is 28.4 Å². The van der Waals surface area contributed by atoms with Gasteiger partial charge in [0, 0.05) is 22.3 Å². The molecule has 5 nitrogen and oxygen atoms in total. The van der Waals surface area contributed by atoms with Crippen LogP contribution in [0.4, 0.5) is 5.69 Å². The van der Waals surface area contributed by atoms with Crippen LogP contribution in [0, 0.1) is 6.92 Å². The van der Waals surface area contributed by atoms with Crippen molar-refractivity contribution < 1.29 is 13.2 Å². The monoisotopic (exact) mass is 434 g/mol. The van der Waals surface area contributed by atoms with E-state index in [-0.39, 0.29) is 16.8 Å². The van der Waals surface area contributed by atoms with Crippen molar-refractivity contribution in [2.75, 3.05) is 5.32 Å². The summed E-state index contributed by atoms with van der Waals surface area (Å²) in [6.45, 7) is 1.95. The first-order chi connectivity index (χ1) is 12.3. The largest absolute Gasteiger partial charge is 0.323 e. The molecular formula is C19H19BrN2O3S. The molecule has 0 aliphatic heterocycles. The average molecular weight is 435 g/mol. The van der Waals surface area contributed by atoms with E-state index in [9.17, 15) is 13.2 Å². The molecule has 1 aliphatic rings. The lowest BCUT2D eigenvalue weighted by atomic mass is 10.2. The molecule has 0 atom stereocenters. The summed E-state index contributed by atoms with van der Waals surface area (Å²) < 4.78 is 27.9. The highest BCUT2D eigenvalue weighted by molar-refractivity contribution is 9.10. The number of carbonyl (C=O) groups is 1. The van der Waals surface area contributed by atoms with Gasteiger partial charge in [-0.15, -0.1) is 0 Å². The van der Waals surface area contributed by atoms with Crippen molar-refractivity contribution in [3.63, 3.8) is 0 Å².